The van der Waals surface area contributed by atoms with Crippen LogP contribution in [-0.4, -0.2) is 33.9 Å². The summed E-state index contributed by atoms with van der Waals surface area (Å²) < 4.78 is 0. The van der Waals surface area contributed by atoms with E-state index in [1.165, 1.54) is 5.56 Å². The lowest BCUT2D eigenvalue weighted by atomic mass is 9.80. The molecule has 0 aliphatic heterocycles. The van der Waals surface area contributed by atoms with Gasteiger partial charge in [-0.2, -0.15) is 0 Å². The van der Waals surface area contributed by atoms with Gasteiger partial charge in [0.1, 0.15) is 5.60 Å². The van der Waals surface area contributed by atoms with Crippen LogP contribution in [0.5, 0.6) is 0 Å². The SMILES string of the molecule is C[C@H](NC(=O)[C@@]1(O)CCc2ccccc2C1)[C@@H](O)Cc1ccccc1. The maximum Gasteiger partial charge on any atom is 0.252 e. The molecule has 3 N–H and O–H groups in total. The highest BCUT2D eigenvalue weighted by Crippen LogP contribution is 2.29. The Balaban J connectivity index is 1.61. The molecular formula is C21H25NO3. The minimum absolute atomic E-state index is 0.316. The lowest BCUT2D eigenvalue weighted by molar-refractivity contribution is -0.142. The van der Waals surface area contributed by atoms with Crippen LogP contribution in [0.3, 0.4) is 0 Å². The molecule has 4 nitrogen and oxygen atoms in total. The minimum atomic E-state index is -1.41. The molecule has 3 rings (SSSR count). The summed E-state index contributed by atoms with van der Waals surface area (Å²) in [7, 11) is 0. The van der Waals surface area contributed by atoms with Gasteiger partial charge in [-0.05, 0) is 36.5 Å². The molecule has 1 aliphatic rings. The Labute approximate surface area is 148 Å². The summed E-state index contributed by atoms with van der Waals surface area (Å²) in [5.74, 6) is -0.401. The molecule has 25 heavy (non-hydrogen) atoms. The summed E-state index contributed by atoms with van der Waals surface area (Å²) in [5.41, 5.74) is 1.82. The molecule has 0 fully saturated rings. The van der Waals surface area contributed by atoms with Gasteiger partial charge in [0.15, 0.2) is 0 Å². The standard InChI is InChI=1S/C21H25NO3/c1-15(19(23)13-16-7-3-2-4-8-16)22-20(24)21(25)12-11-17-9-5-6-10-18(17)14-21/h2-10,15,19,23,25H,11-14H2,1H3,(H,22,24)/t15-,19-,21+/m0/s1. The molecule has 132 valence electrons. The van der Waals surface area contributed by atoms with Crippen LogP contribution in [-0.2, 0) is 24.1 Å². The average Bonchev–Trinajstić information content (AvgIpc) is 2.62. The third-order valence-electron chi connectivity index (χ3n) is 5.06. The van der Waals surface area contributed by atoms with Crippen molar-refractivity contribution >= 4 is 5.91 Å². The fourth-order valence-electron chi connectivity index (χ4n) is 3.38. The zero-order chi connectivity index (χ0) is 17.9. The molecule has 1 aliphatic carbocycles. The van der Waals surface area contributed by atoms with Gasteiger partial charge >= 0.3 is 0 Å². The first-order valence-electron chi connectivity index (χ1n) is 8.80. The van der Waals surface area contributed by atoms with Gasteiger partial charge in [-0.25, -0.2) is 0 Å². The van der Waals surface area contributed by atoms with E-state index in [1.807, 2.05) is 54.6 Å². The van der Waals surface area contributed by atoms with E-state index in [0.717, 1.165) is 11.1 Å². The molecular weight excluding hydrogens is 314 g/mol. The number of carbonyl (C=O) groups excluding carboxylic acids is 1. The maximum atomic E-state index is 12.6. The summed E-state index contributed by atoms with van der Waals surface area (Å²) in [5, 5.41) is 24.0. The molecule has 2 aromatic carbocycles. The normalized spacial score (nSPS) is 21.9. The molecule has 1 amide bonds. The van der Waals surface area contributed by atoms with E-state index < -0.39 is 23.7 Å². The van der Waals surface area contributed by atoms with Crippen molar-refractivity contribution in [2.24, 2.45) is 0 Å². The van der Waals surface area contributed by atoms with Crippen molar-refractivity contribution in [1.29, 1.82) is 0 Å². The van der Waals surface area contributed by atoms with E-state index in [0.29, 0.717) is 25.7 Å². The van der Waals surface area contributed by atoms with Crippen molar-refractivity contribution in [3.8, 4) is 0 Å². The predicted molar refractivity (Wildman–Crippen MR) is 97.2 cm³/mol. The molecule has 2 aromatic rings. The Morgan fingerprint density at radius 2 is 1.76 bits per heavy atom. The van der Waals surface area contributed by atoms with Crippen LogP contribution in [0.15, 0.2) is 54.6 Å². The number of aliphatic hydroxyl groups excluding tert-OH is 1. The zero-order valence-corrected chi connectivity index (χ0v) is 14.5. The summed E-state index contributed by atoms with van der Waals surface area (Å²) in [6.45, 7) is 1.77. The lowest BCUT2D eigenvalue weighted by Crippen LogP contribution is -2.55. The van der Waals surface area contributed by atoms with Crippen molar-refractivity contribution in [3.63, 3.8) is 0 Å². The van der Waals surface area contributed by atoms with Gasteiger partial charge in [0, 0.05) is 12.8 Å². The fourth-order valence-corrected chi connectivity index (χ4v) is 3.38. The number of nitrogens with one attached hydrogen (secondary N) is 1. The summed E-state index contributed by atoms with van der Waals surface area (Å²) in [6.07, 6.45) is 1.16. The van der Waals surface area contributed by atoms with E-state index in [9.17, 15) is 15.0 Å². The van der Waals surface area contributed by atoms with E-state index in [1.54, 1.807) is 6.92 Å². The molecule has 0 saturated heterocycles. The molecule has 0 spiro atoms. The summed E-state index contributed by atoms with van der Waals surface area (Å²) >= 11 is 0. The smallest absolute Gasteiger partial charge is 0.252 e. The van der Waals surface area contributed by atoms with Gasteiger partial charge in [0.25, 0.3) is 5.91 Å². The topological polar surface area (TPSA) is 69.6 Å². The molecule has 0 radical (unpaired) electrons. The van der Waals surface area contributed by atoms with E-state index >= 15 is 0 Å². The van der Waals surface area contributed by atoms with Crippen molar-refractivity contribution in [2.45, 2.75) is 50.4 Å². The van der Waals surface area contributed by atoms with E-state index in [-0.39, 0.29) is 0 Å². The molecule has 3 atom stereocenters. The molecule has 0 saturated carbocycles. The minimum Gasteiger partial charge on any atom is -0.391 e. The first kappa shape index (κ1) is 17.6. The Morgan fingerprint density at radius 1 is 1.12 bits per heavy atom. The van der Waals surface area contributed by atoms with Crippen molar-refractivity contribution in [1.82, 2.24) is 5.32 Å². The number of hydrogen-bond acceptors (Lipinski definition) is 3. The van der Waals surface area contributed by atoms with Gasteiger partial charge in [0.05, 0.1) is 12.1 Å². The van der Waals surface area contributed by atoms with Gasteiger partial charge in [-0.1, -0.05) is 54.6 Å². The summed E-state index contributed by atoms with van der Waals surface area (Å²) in [4.78, 5) is 12.6. The maximum absolute atomic E-state index is 12.6. The first-order valence-corrected chi connectivity index (χ1v) is 8.80. The highest BCUT2D eigenvalue weighted by atomic mass is 16.3. The number of fused-ring (bicyclic) bond motifs is 1. The molecule has 0 aromatic heterocycles. The van der Waals surface area contributed by atoms with Crippen molar-refractivity contribution in [2.75, 3.05) is 0 Å². The van der Waals surface area contributed by atoms with Crippen LogP contribution in [0.1, 0.15) is 30.0 Å². The van der Waals surface area contributed by atoms with Crippen LogP contribution in [0.2, 0.25) is 0 Å². The third-order valence-corrected chi connectivity index (χ3v) is 5.06. The first-order chi connectivity index (χ1) is 12.0. The largest absolute Gasteiger partial charge is 0.391 e. The van der Waals surface area contributed by atoms with Gasteiger partial charge < -0.3 is 15.5 Å². The second-order valence-electron chi connectivity index (χ2n) is 7.00. The fraction of sp³-hybridized carbons (Fsp3) is 0.381. The van der Waals surface area contributed by atoms with E-state index in [4.69, 9.17) is 0 Å². The number of hydrogen-bond donors (Lipinski definition) is 3. The third kappa shape index (κ3) is 4.09. The average molecular weight is 339 g/mol. The Bertz CT molecular complexity index is 731. The van der Waals surface area contributed by atoms with Crippen LogP contribution < -0.4 is 5.32 Å². The molecule has 0 unspecified atom stereocenters. The Hall–Kier alpha value is -2.17. The number of rotatable bonds is 5. The highest BCUT2D eigenvalue weighted by Gasteiger charge is 2.40. The van der Waals surface area contributed by atoms with Gasteiger partial charge in [0.2, 0.25) is 0 Å². The van der Waals surface area contributed by atoms with Crippen molar-refractivity contribution in [3.05, 3.63) is 71.3 Å². The van der Waals surface area contributed by atoms with E-state index in [2.05, 4.69) is 5.32 Å². The van der Waals surface area contributed by atoms with Gasteiger partial charge in [-0.3, -0.25) is 4.79 Å². The Kier molecular flexibility index (Phi) is 5.21. The van der Waals surface area contributed by atoms with Gasteiger partial charge in [-0.15, -0.1) is 0 Å². The number of aliphatic hydroxyl groups is 2. The van der Waals surface area contributed by atoms with Crippen LogP contribution in [0.4, 0.5) is 0 Å². The summed E-state index contributed by atoms with van der Waals surface area (Å²) in [6, 6.07) is 17.1. The lowest BCUT2D eigenvalue weighted by Gasteiger charge is -2.34. The zero-order valence-electron chi connectivity index (χ0n) is 14.5. The van der Waals surface area contributed by atoms with Crippen molar-refractivity contribution < 1.29 is 15.0 Å². The molecule has 4 heteroatoms. The molecule has 0 heterocycles. The number of carbonyl (C=O) groups is 1. The highest BCUT2D eigenvalue weighted by molar-refractivity contribution is 5.86. The molecule has 0 bridgehead atoms. The quantitative estimate of drug-likeness (QED) is 0.780. The Morgan fingerprint density at radius 3 is 2.48 bits per heavy atom. The second-order valence-corrected chi connectivity index (χ2v) is 7.00. The van der Waals surface area contributed by atoms with Crippen LogP contribution in [0.25, 0.3) is 0 Å². The predicted octanol–water partition coefficient (Wildman–Crippen LogP) is 2.01. The number of benzene rings is 2. The number of amides is 1. The number of aryl methyl sites for hydroxylation is 1. The second kappa shape index (κ2) is 7.38. The monoisotopic (exact) mass is 339 g/mol. The van der Waals surface area contributed by atoms with Crippen LogP contribution >= 0.6 is 0 Å². The van der Waals surface area contributed by atoms with Crippen LogP contribution in [0, 0.1) is 0 Å².